The molecule has 0 fully saturated rings. The summed E-state index contributed by atoms with van der Waals surface area (Å²) in [5.74, 6) is 0.240. The van der Waals surface area contributed by atoms with Crippen molar-refractivity contribution in [1.29, 1.82) is 0 Å². The number of hydrogen-bond donors (Lipinski definition) is 1. The number of carbonyl (C=O) groups excluding carboxylic acids is 2. The van der Waals surface area contributed by atoms with Crippen molar-refractivity contribution in [2.24, 2.45) is 0 Å². The molecule has 0 aliphatic heterocycles. The summed E-state index contributed by atoms with van der Waals surface area (Å²) >= 11 is 0. The van der Waals surface area contributed by atoms with Gasteiger partial charge >= 0.3 is 5.97 Å². The van der Waals surface area contributed by atoms with Gasteiger partial charge in [0, 0.05) is 6.08 Å². The summed E-state index contributed by atoms with van der Waals surface area (Å²) in [6.07, 6.45) is 2.89. The van der Waals surface area contributed by atoms with Crippen molar-refractivity contribution in [3.05, 3.63) is 65.7 Å². The largest absolute Gasteiger partial charge is 0.493 e. The first-order valence-corrected chi connectivity index (χ1v) is 9.43. The number of rotatable bonds is 9. The predicted octanol–water partition coefficient (Wildman–Crippen LogP) is 3.92. The van der Waals surface area contributed by atoms with Gasteiger partial charge in [-0.1, -0.05) is 36.4 Å². The second-order valence-electron chi connectivity index (χ2n) is 6.72. The van der Waals surface area contributed by atoms with Crippen LogP contribution in [0, 0.1) is 0 Å². The van der Waals surface area contributed by atoms with Crippen LogP contribution in [-0.2, 0) is 14.3 Å². The first kappa shape index (κ1) is 22.0. The van der Waals surface area contributed by atoms with Gasteiger partial charge in [-0.3, -0.25) is 4.79 Å². The lowest BCUT2D eigenvalue weighted by atomic mass is 10.1. The average Bonchev–Trinajstić information content (AvgIpc) is 2.71. The Kier molecular flexibility index (Phi) is 8.27. The monoisotopic (exact) mass is 397 g/mol. The molecule has 0 saturated heterocycles. The highest BCUT2D eigenvalue weighted by molar-refractivity contribution is 5.89. The van der Waals surface area contributed by atoms with Gasteiger partial charge in [-0.15, -0.1) is 0 Å². The van der Waals surface area contributed by atoms with E-state index in [1.54, 1.807) is 31.4 Å². The molecule has 0 spiro atoms. The highest BCUT2D eigenvalue weighted by Gasteiger charge is 2.11. The summed E-state index contributed by atoms with van der Waals surface area (Å²) in [5.41, 5.74) is 1.72. The molecule has 0 unspecified atom stereocenters. The summed E-state index contributed by atoms with van der Waals surface area (Å²) in [6.45, 7) is 5.39. The molecule has 0 radical (unpaired) electrons. The van der Waals surface area contributed by atoms with Crippen molar-refractivity contribution >= 4 is 18.0 Å². The fourth-order valence-electron chi connectivity index (χ4n) is 2.60. The van der Waals surface area contributed by atoms with Gasteiger partial charge in [0.15, 0.2) is 18.1 Å². The molecule has 0 heterocycles. The zero-order chi connectivity index (χ0) is 21.2. The molecule has 154 valence electrons. The van der Waals surface area contributed by atoms with Crippen LogP contribution in [0.3, 0.4) is 0 Å². The van der Waals surface area contributed by atoms with Crippen LogP contribution in [-0.4, -0.2) is 31.7 Å². The third-order valence-electron chi connectivity index (χ3n) is 3.98. The maximum absolute atomic E-state index is 12.0. The van der Waals surface area contributed by atoms with Gasteiger partial charge in [-0.05, 0) is 50.1 Å². The number of esters is 1. The lowest BCUT2D eigenvalue weighted by molar-refractivity contribution is -0.144. The van der Waals surface area contributed by atoms with Gasteiger partial charge in [-0.2, -0.15) is 0 Å². The molecule has 29 heavy (non-hydrogen) atoms. The Labute approximate surface area is 171 Å². The van der Waals surface area contributed by atoms with Crippen LogP contribution in [0.1, 0.15) is 37.9 Å². The Morgan fingerprint density at radius 2 is 1.76 bits per heavy atom. The third-order valence-corrected chi connectivity index (χ3v) is 3.98. The van der Waals surface area contributed by atoms with E-state index in [4.69, 9.17) is 14.2 Å². The van der Waals surface area contributed by atoms with Crippen LogP contribution in [0.4, 0.5) is 0 Å². The van der Waals surface area contributed by atoms with E-state index in [-0.39, 0.29) is 24.7 Å². The average molecular weight is 397 g/mol. The van der Waals surface area contributed by atoms with Crippen molar-refractivity contribution in [3.8, 4) is 11.5 Å². The Morgan fingerprint density at radius 3 is 2.41 bits per heavy atom. The lowest BCUT2D eigenvalue weighted by Crippen LogP contribution is -2.30. The zero-order valence-corrected chi connectivity index (χ0v) is 17.2. The summed E-state index contributed by atoms with van der Waals surface area (Å²) in [5, 5.41) is 2.79. The summed E-state index contributed by atoms with van der Waals surface area (Å²) in [6, 6.07) is 14.7. The fraction of sp³-hybridized carbons (Fsp3) is 0.304. The van der Waals surface area contributed by atoms with E-state index in [1.165, 1.54) is 6.08 Å². The molecule has 6 heteroatoms. The minimum atomic E-state index is -0.603. The molecular weight excluding hydrogens is 370 g/mol. The number of carbonyl (C=O) groups is 2. The second kappa shape index (κ2) is 10.9. The van der Waals surface area contributed by atoms with E-state index >= 15 is 0 Å². The quantitative estimate of drug-likeness (QED) is 0.513. The molecular formula is C23H27NO5. The topological polar surface area (TPSA) is 73.9 Å². The summed E-state index contributed by atoms with van der Waals surface area (Å²) in [4.78, 5) is 23.9. The van der Waals surface area contributed by atoms with E-state index in [9.17, 15) is 9.59 Å². The predicted molar refractivity (Wildman–Crippen MR) is 112 cm³/mol. The van der Waals surface area contributed by atoms with Crippen molar-refractivity contribution in [3.63, 3.8) is 0 Å². The van der Waals surface area contributed by atoms with E-state index in [1.807, 2.05) is 51.1 Å². The maximum Gasteiger partial charge on any atom is 0.331 e. The molecule has 1 N–H and O–H groups in total. The lowest BCUT2D eigenvalue weighted by Gasteiger charge is -2.14. The van der Waals surface area contributed by atoms with Crippen LogP contribution in [0.2, 0.25) is 0 Å². The number of amides is 1. The zero-order valence-electron chi connectivity index (χ0n) is 17.2. The number of hydrogen-bond acceptors (Lipinski definition) is 5. The van der Waals surface area contributed by atoms with Crippen LogP contribution in [0.15, 0.2) is 54.6 Å². The first-order valence-electron chi connectivity index (χ1n) is 9.43. The van der Waals surface area contributed by atoms with Crippen molar-refractivity contribution < 1.29 is 23.8 Å². The van der Waals surface area contributed by atoms with Gasteiger partial charge in [0.25, 0.3) is 5.91 Å². The number of benzene rings is 2. The molecule has 2 rings (SSSR count). The standard InChI is InChI=1S/C23H27NO5/c1-16(2)29-20-12-10-18(14-21(20)27-4)11-13-23(26)28-15-22(25)24-17(3)19-8-6-5-7-9-19/h5-14,16-17H,15H2,1-4H3,(H,24,25)/b13-11+/t17-/m0/s1. The summed E-state index contributed by atoms with van der Waals surface area (Å²) in [7, 11) is 1.55. The molecule has 0 aliphatic carbocycles. The van der Waals surface area contributed by atoms with Gasteiger partial charge < -0.3 is 19.5 Å². The van der Waals surface area contributed by atoms with Crippen LogP contribution in [0.5, 0.6) is 11.5 Å². The minimum absolute atomic E-state index is 0.0241. The molecule has 0 aliphatic rings. The Bertz CT molecular complexity index is 846. The molecule has 0 saturated carbocycles. The van der Waals surface area contributed by atoms with E-state index in [0.29, 0.717) is 11.5 Å². The van der Waals surface area contributed by atoms with Crippen LogP contribution < -0.4 is 14.8 Å². The van der Waals surface area contributed by atoms with Crippen LogP contribution in [0.25, 0.3) is 6.08 Å². The van der Waals surface area contributed by atoms with E-state index in [2.05, 4.69) is 5.32 Å². The van der Waals surface area contributed by atoms with E-state index in [0.717, 1.165) is 11.1 Å². The molecule has 6 nitrogen and oxygen atoms in total. The number of nitrogens with one attached hydrogen (secondary N) is 1. The first-order chi connectivity index (χ1) is 13.9. The van der Waals surface area contributed by atoms with Gasteiger partial charge in [-0.25, -0.2) is 4.79 Å². The second-order valence-corrected chi connectivity index (χ2v) is 6.72. The maximum atomic E-state index is 12.0. The Morgan fingerprint density at radius 1 is 1.03 bits per heavy atom. The van der Waals surface area contributed by atoms with Crippen molar-refractivity contribution in [2.45, 2.75) is 32.9 Å². The smallest absolute Gasteiger partial charge is 0.331 e. The molecule has 1 atom stereocenters. The number of methoxy groups -OCH3 is 1. The van der Waals surface area contributed by atoms with Crippen LogP contribution >= 0.6 is 0 Å². The van der Waals surface area contributed by atoms with Gasteiger partial charge in [0.2, 0.25) is 0 Å². The SMILES string of the molecule is COc1cc(/C=C/C(=O)OCC(=O)N[C@@H](C)c2ccccc2)ccc1OC(C)C. The van der Waals surface area contributed by atoms with Crippen molar-refractivity contribution in [2.75, 3.05) is 13.7 Å². The van der Waals surface area contributed by atoms with Crippen molar-refractivity contribution in [1.82, 2.24) is 5.32 Å². The Hall–Kier alpha value is -3.28. The molecule has 0 bridgehead atoms. The molecule has 2 aromatic carbocycles. The highest BCUT2D eigenvalue weighted by Crippen LogP contribution is 2.29. The Balaban J connectivity index is 1.85. The van der Waals surface area contributed by atoms with Gasteiger partial charge in [0.1, 0.15) is 0 Å². The highest BCUT2D eigenvalue weighted by atomic mass is 16.5. The molecule has 0 aromatic heterocycles. The fourth-order valence-corrected chi connectivity index (χ4v) is 2.60. The number of ether oxygens (including phenoxy) is 3. The minimum Gasteiger partial charge on any atom is -0.493 e. The summed E-state index contributed by atoms with van der Waals surface area (Å²) < 4.78 is 16.0. The third kappa shape index (κ3) is 7.33. The molecule has 2 aromatic rings. The van der Waals surface area contributed by atoms with Gasteiger partial charge in [0.05, 0.1) is 19.3 Å². The molecule has 1 amide bonds. The normalized spacial score (nSPS) is 11.9. The van der Waals surface area contributed by atoms with E-state index < -0.39 is 5.97 Å².